The number of aliphatic hydroxyl groups excluding tert-OH is 1. The fourth-order valence-electron chi connectivity index (χ4n) is 2.11. The van der Waals surface area contributed by atoms with Crippen LogP contribution in [0.15, 0.2) is 0 Å². The van der Waals surface area contributed by atoms with Gasteiger partial charge in [-0.1, -0.05) is 32.1 Å². The Morgan fingerprint density at radius 3 is 2.43 bits per heavy atom. The molecule has 1 atom stereocenters. The van der Waals surface area contributed by atoms with E-state index in [9.17, 15) is 5.11 Å². The van der Waals surface area contributed by atoms with E-state index in [1.165, 1.54) is 32.1 Å². The van der Waals surface area contributed by atoms with Crippen molar-refractivity contribution in [3.63, 3.8) is 0 Å². The Kier molecular flexibility index (Phi) is 3.95. The SMILES string of the molecule is CC(C)(C#N)C(O)CC1CCCCC1. The van der Waals surface area contributed by atoms with Gasteiger partial charge >= 0.3 is 0 Å². The van der Waals surface area contributed by atoms with Gasteiger partial charge in [-0.15, -0.1) is 0 Å². The molecule has 1 aliphatic rings. The van der Waals surface area contributed by atoms with Crippen molar-refractivity contribution in [3.8, 4) is 6.07 Å². The molecule has 0 heterocycles. The van der Waals surface area contributed by atoms with Gasteiger partial charge in [0.1, 0.15) is 0 Å². The van der Waals surface area contributed by atoms with Crippen LogP contribution in [0.3, 0.4) is 0 Å². The van der Waals surface area contributed by atoms with E-state index in [-0.39, 0.29) is 0 Å². The molecule has 0 spiro atoms. The Labute approximate surface area is 86.9 Å². The number of nitrogens with zero attached hydrogens (tertiary/aromatic N) is 1. The molecule has 0 bridgehead atoms. The molecule has 1 N–H and O–H groups in total. The van der Waals surface area contributed by atoms with Gasteiger partial charge in [0.05, 0.1) is 17.6 Å². The van der Waals surface area contributed by atoms with Crippen LogP contribution >= 0.6 is 0 Å². The van der Waals surface area contributed by atoms with Crippen molar-refractivity contribution in [3.05, 3.63) is 0 Å². The Balaban J connectivity index is 2.39. The van der Waals surface area contributed by atoms with Gasteiger partial charge in [0.2, 0.25) is 0 Å². The monoisotopic (exact) mass is 195 g/mol. The zero-order valence-corrected chi connectivity index (χ0v) is 9.29. The summed E-state index contributed by atoms with van der Waals surface area (Å²) in [5.41, 5.74) is -0.586. The van der Waals surface area contributed by atoms with Crippen molar-refractivity contribution in [1.29, 1.82) is 5.26 Å². The van der Waals surface area contributed by atoms with Gasteiger partial charge in [0, 0.05) is 0 Å². The molecule has 1 rings (SSSR count). The van der Waals surface area contributed by atoms with Crippen LogP contribution in [0.25, 0.3) is 0 Å². The molecular formula is C12H21NO. The van der Waals surface area contributed by atoms with Crippen LogP contribution in [-0.2, 0) is 0 Å². The van der Waals surface area contributed by atoms with E-state index in [2.05, 4.69) is 6.07 Å². The Hall–Kier alpha value is -0.550. The summed E-state index contributed by atoms with van der Waals surface area (Å²) in [6.07, 6.45) is 6.75. The summed E-state index contributed by atoms with van der Waals surface area (Å²) in [4.78, 5) is 0. The van der Waals surface area contributed by atoms with Crippen molar-refractivity contribution < 1.29 is 5.11 Å². The maximum absolute atomic E-state index is 9.91. The van der Waals surface area contributed by atoms with Gasteiger partial charge in [-0.05, 0) is 26.2 Å². The first-order valence-corrected chi connectivity index (χ1v) is 5.65. The molecule has 1 fully saturated rings. The third-order valence-corrected chi connectivity index (χ3v) is 3.40. The molecule has 2 nitrogen and oxygen atoms in total. The zero-order valence-electron chi connectivity index (χ0n) is 9.29. The highest BCUT2D eigenvalue weighted by molar-refractivity contribution is 4.97. The lowest BCUT2D eigenvalue weighted by Crippen LogP contribution is -2.30. The second-order valence-corrected chi connectivity index (χ2v) is 5.09. The molecule has 0 aliphatic heterocycles. The first-order chi connectivity index (χ1) is 6.56. The summed E-state index contributed by atoms with van der Waals surface area (Å²) in [6.45, 7) is 3.64. The van der Waals surface area contributed by atoms with Crippen LogP contribution in [0.4, 0.5) is 0 Å². The molecular weight excluding hydrogens is 174 g/mol. The average Bonchev–Trinajstić information content (AvgIpc) is 2.19. The summed E-state index contributed by atoms with van der Waals surface area (Å²) < 4.78 is 0. The van der Waals surface area contributed by atoms with E-state index in [4.69, 9.17) is 5.26 Å². The second kappa shape index (κ2) is 4.79. The minimum atomic E-state index is -0.586. The number of nitriles is 1. The van der Waals surface area contributed by atoms with Gasteiger partial charge in [0.15, 0.2) is 0 Å². The number of hydrogen-bond donors (Lipinski definition) is 1. The van der Waals surface area contributed by atoms with E-state index < -0.39 is 11.5 Å². The zero-order chi connectivity index (χ0) is 10.6. The minimum absolute atomic E-state index is 0.462. The van der Waals surface area contributed by atoms with E-state index in [0.29, 0.717) is 5.92 Å². The van der Waals surface area contributed by atoms with Gasteiger partial charge in [0.25, 0.3) is 0 Å². The highest BCUT2D eigenvalue weighted by atomic mass is 16.3. The van der Waals surface area contributed by atoms with Crippen LogP contribution in [-0.4, -0.2) is 11.2 Å². The smallest absolute Gasteiger partial charge is 0.0776 e. The van der Waals surface area contributed by atoms with E-state index in [1.54, 1.807) is 0 Å². The lowest BCUT2D eigenvalue weighted by Gasteiger charge is -2.29. The Morgan fingerprint density at radius 2 is 1.93 bits per heavy atom. The third kappa shape index (κ3) is 2.99. The van der Waals surface area contributed by atoms with Crippen LogP contribution in [0, 0.1) is 22.7 Å². The van der Waals surface area contributed by atoms with Crippen LogP contribution < -0.4 is 0 Å². The first-order valence-electron chi connectivity index (χ1n) is 5.65. The van der Waals surface area contributed by atoms with E-state index >= 15 is 0 Å². The van der Waals surface area contributed by atoms with Crippen molar-refractivity contribution >= 4 is 0 Å². The molecule has 0 aromatic rings. The topological polar surface area (TPSA) is 44.0 Å². The largest absolute Gasteiger partial charge is 0.391 e. The molecule has 0 amide bonds. The minimum Gasteiger partial charge on any atom is -0.391 e. The fraction of sp³-hybridized carbons (Fsp3) is 0.917. The van der Waals surface area contributed by atoms with Crippen LogP contribution in [0.5, 0.6) is 0 Å². The van der Waals surface area contributed by atoms with Gasteiger partial charge in [-0.2, -0.15) is 5.26 Å². The predicted octanol–water partition coefficient (Wildman–Crippen LogP) is 2.87. The first kappa shape index (κ1) is 11.5. The second-order valence-electron chi connectivity index (χ2n) is 5.09. The third-order valence-electron chi connectivity index (χ3n) is 3.40. The summed E-state index contributed by atoms with van der Waals surface area (Å²) in [6, 6.07) is 2.18. The molecule has 80 valence electrons. The summed E-state index contributed by atoms with van der Waals surface area (Å²) >= 11 is 0. The molecule has 0 saturated heterocycles. The summed E-state index contributed by atoms with van der Waals surface area (Å²) in [5.74, 6) is 0.645. The molecule has 14 heavy (non-hydrogen) atoms. The number of rotatable bonds is 3. The summed E-state index contributed by atoms with van der Waals surface area (Å²) in [5, 5.41) is 18.8. The number of hydrogen-bond acceptors (Lipinski definition) is 2. The standard InChI is InChI=1S/C12H21NO/c1-12(2,9-13)11(14)8-10-6-4-3-5-7-10/h10-11,14H,3-8H2,1-2H3. The molecule has 0 aromatic heterocycles. The van der Waals surface area contributed by atoms with Gasteiger partial charge in [-0.25, -0.2) is 0 Å². The molecule has 0 aromatic carbocycles. The molecule has 1 saturated carbocycles. The highest BCUT2D eigenvalue weighted by Gasteiger charge is 2.30. The van der Waals surface area contributed by atoms with Gasteiger partial charge in [-0.3, -0.25) is 0 Å². The lowest BCUT2D eigenvalue weighted by atomic mass is 9.78. The molecule has 2 heteroatoms. The van der Waals surface area contributed by atoms with Gasteiger partial charge < -0.3 is 5.11 Å². The molecule has 0 radical (unpaired) electrons. The Morgan fingerprint density at radius 1 is 1.36 bits per heavy atom. The average molecular weight is 195 g/mol. The van der Waals surface area contributed by atoms with E-state index in [0.717, 1.165) is 6.42 Å². The predicted molar refractivity (Wildman–Crippen MR) is 56.6 cm³/mol. The maximum atomic E-state index is 9.91. The fourth-order valence-corrected chi connectivity index (χ4v) is 2.11. The summed E-state index contributed by atoms with van der Waals surface area (Å²) in [7, 11) is 0. The maximum Gasteiger partial charge on any atom is 0.0776 e. The Bertz CT molecular complexity index is 211. The highest BCUT2D eigenvalue weighted by Crippen LogP contribution is 2.32. The van der Waals surface area contributed by atoms with Crippen molar-refractivity contribution in [2.75, 3.05) is 0 Å². The van der Waals surface area contributed by atoms with Crippen molar-refractivity contribution in [2.24, 2.45) is 11.3 Å². The lowest BCUT2D eigenvalue weighted by molar-refractivity contribution is 0.0558. The normalized spacial score (nSPS) is 21.6. The van der Waals surface area contributed by atoms with Crippen molar-refractivity contribution in [2.45, 2.75) is 58.5 Å². The molecule has 1 aliphatic carbocycles. The quantitative estimate of drug-likeness (QED) is 0.752. The van der Waals surface area contributed by atoms with Crippen LogP contribution in [0.2, 0.25) is 0 Å². The number of aliphatic hydroxyl groups is 1. The molecule has 1 unspecified atom stereocenters. The van der Waals surface area contributed by atoms with Crippen molar-refractivity contribution in [1.82, 2.24) is 0 Å². The van der Waals surface area contributed by atoms with Crippen LogP contribution in [0.1, 0.15) is 52.4 Å². The van der Waals surface area contributed by atoms with E-state index in [1.807, 2.05) is 13.8 Å².